The van der Waals surface area contributed by atoms with E-state index in [1.165, 1.54) is 0 Å². The van der Waals surface area contributed by atoms with Crippen molar-refractivity contribution in [2.24, 2.45) is 9.98 Å². The molecule has 3 aromatic carbocycles. The van der Waals surface area contributed by atoms with Crippen molar-refractivity contribution in [1.82, 2.24) is 4.90 Å². The lowest BCUT2D eigenvalue weighted by Gasteiger charge is -2.33. The van der Waals surface area contributed by atoms with Crippen molar-refractivity contribution >= 4 is 27.2 Å². The Morgan fingerprint density at radius 2 is 1.65 bits per heavy atom. The summed E-state index contributed by atoms with van der Waals surface area (Å²) in [5.74, 6) is 0.175. The van der Waals surface area contributed by atoms with Crippen molar-refractivity contribution in [3.8, 4) is 11.5 Å². The highest BCUT2D eigenvalue weighted by atomic mass is 16.3. The first kappa shape index (κ1) is 15.4. The number of anilines is 1. The molecule has 26 heavy (non-hydrogen) atoms. The summed E-state index contributed by atoms with van der Waals surface area (Å²) in [7, 11) is 2.10. The number of phenolic OH excluding ortho intramolecular Hbond substituents is 2. The number of hydrogen-bond donors (Lipinski definition) is 3. The molecule has 2 heterocycles. The Morgan fingerprint density at radius 3 is 2.42 bits per heavy atom. The minimum absolute atomic E-state index is 0.0771. The van der Waals surface area contributed by atoms with Crippen molar-refractivity contribution in [3.63, 3.8) is 0 Å². The van der Waals surface area contributed by atoms with Gasteiger partial charge in [-0.1, -0.05) is 12.1 Å². The summed E-state index contributed by atoms with van der Waals surface area (Å²) in [6.07, 6.45) is 1.71. The van der Waals surface area contributed by atoms with Crippen LogP contribution in [0, 0.1) is 0 Å². The third-order valence-corrected chi connectivity index (χ3v) is 5.67. The van der Waals surface area contributed by atoms with Crippen LogP contribution in [0.1, 0.15) is 12.8 Å². The van der Waals surface area contributed by atoms with E-state index in [9.17, 15) is 10.2 Å². The van der Waals surface area contributed by atoms with Crippen LogP contribution < -0.4 is 16.4 Å². The maximum absolute atomic E-state index is 11.0. The maximum atomic E-state index is 11.0. The third-order valence-electron chi connectivity index (χ3n) is 5.67. The van der Waals surface area contributed by atoms with Crippen LogP contribution in [0.25, 0.3) is 21.5 Å². The average Bonchev–Trinajstić information content (AvgIpc) is 3.00. The number of aromatic hydroxyl groups is 2. The van der Waals surface area contributed by atoms with Gasteiger partial charge >= 0.3 is 0 Å². The fraction of sp³-hybridized carbons (Fsp3) is 0.300. The molecule has 4 N–H and O–H groups in total. The van der Waals surface area contributed by atoms with Crippen LogP contribution in [-0.4, -0.2) is 40.9 Å². The molecule has 3 aromatic rings. The Balaban J connectivity index is 1.88. The summed E-state index contributed by atoms with van der Waals surface area (Å²) in [4.78, 5) is 12.1. The van der Waals surface area contributed by atoms with Crippen molar-refractivity contribution in [2.75, 3.05) is 25.9 Å². The monoisotopic (exact) mass is 348 g/mol. The predicted octanol–water partition coefficient (Wildman–Crippen LogP) is 1.66. The fourth-order valence-corrected chi connectivity index (χ4v) is 4.18. The molecule has 1 spiro atoms. The van der Waals surface area contributed by atoms with Crippen LogP contribution >= 0.6 is 0 Å². The quantitative estimate of drug-likeness (QED) is 0.327. The molecule has 6 heteroatoms. The Hall–Kier alpha value is -2.86. The van der Waals surface area contributed by atoms with Crippen molar-refractivity contribution in [1.29, 1.82) is 0 Å². The van der Waals surface area contributed by atoms with Gasteiger partial charge in [-0.05, 0) is 25.2 Å². The van der Waals surface area contributed by atoms with Gasteiger partial charge in [-0.2, -0.15) is 0 Å². The van der Waals surface area contributed by atoms with Crippen LogP contribution in [0.5, 0.6) is 11.5 Å². The third kappa shape index (κ3) is 1.96. The van der Waals surface area contributed by atoms with E-state index in [2.05, 4.69) is 11.9 Å². The summed E-state index contributed by atoms with van der Waals surface area (Å²) in [6.45, 7) is 1.88. The largest absolute Gasteiger partial charge is 0.507 e. The second-order valence-corrected chi connectivity index (χ2v) is 7.33. The van der Waals surface area contributed by atoms with Gasteiger partial charge in [0.25, 0.3) is 0 Å². The molecular weight excluding hydrogens is 328 g/mol. The first-order chi connectivity index (χ1) is 12.5. The van der Waals surface area contributed by atoms with Crippen LogP contribution in [0.15, 0.2) is 40.3 Å². The molecule has 132 valence electrons. The number of nitrogens with zero attached hydrogens (tertiary/aromatic N) is 3. The summed E-state index contributed by atoms with van der Waals surface area (Å²) in [6, 6.07) is 8.91. The van der Waals surface area contributed by atoms with Gasteiger partial charge in [-0.3, -0.25) is 9.98 Å². The molecule has 0 unspecified atom stereocenters. The van der Waals surface area contributed by atoms with E-state index in [1.807, 2.05) is 6.07 Å². The highest BCUT2D eigenvalue weighted by Crippen LogP contribution is 2.42. The Morgan fingerprint density at radius 1 is 0.962 bits per heavy atom. The van der Waals surface area contributed by atoms with Gasteiger partial charge in [0, 0.05) is 42.4 Å². The second-order valence-electron chi connectivity index (χ2n) is 7.33. The Labute approximate surface area is 149 Å². The smallest absolute Gasteiger partial charge is 0.154 e. The Bertz CT molecular complexity index is 1190. The number of piperidine rings is 1. The second kappa shape index (κ2) is 5.08. The molecule has 0 bridgehead atoms. The number of nitrogen functional groups attached to an aromatic ring is 1. The highest BCUT2D eigenvalue weighted by molar-refractivity contribution is 6.14. The molecule has 0 saturated carbocycles. The molecule has 1 fully saturated rings. The van der Waals surface area contributed by atoms with Crippen molar-refractivity contribution in [3.05, 3.63) is 41.0 Å². The fourth-order valence-electron chi connectivity index (χ4n) is 4.18. The Kier molecular flexibility index (Phi) is 3.01. The summed E-state index contributed by atoms with van der Waals surface area (Å²) in [5, 5.41) is 25.3. The summed E-state index contributed by atoms with van der Waals surface area (Å²) < 4.78 is 0. The number of fused-ring (bicyclic) bond motifs is 4. The van der Waals surface area contributed by atoms with Gasteiger partial charge in [0.2, 0.25) is 0 Å². The average molecular weight is 348 g/mol. The van der Waals surface area contributed by atoms with E-state index in [-0.39, 0.29) is 11.5 Å². The van der Waals surface area contributed by atoms with E-state index in [4.69, 9.17) is 15.7 Å². The lowest BCUT2D eigenvalue weighted by Crippen LogP contribution is -2.39. The molecule has 6 nitrogen and oxygen atoms in total. The van der Waals surface area contributed by atoms with E-state index < -0.39 is 5.66 Å². The number of nitrogens with two attached hydrogens (primary N) is 1. The van der Waals surface area contributed by atoms with Crippen molar-refractivity contribution in [2.45, 2.75) is 18.5 Å². The number of hydrogen-bond acceptors (Lipinski definition) is 6. The van der Waals surface area contributed by atoms with Gasteiger partial charge in [-0.15, -0.1) is 0 Å². The van der Waals surface area contributed by atoms with Crippen LogP contribution in [-0.2, 0) is 0 Å². The minimum Gasteiger partial charge on any atom is -0.507 e. The minimum atomic E-state index is -0.449. The van der Waals surface area contributed by atoms with E-state index >= 15 is 0 Å². The van der Waals surface area contributed by atoms with Gasteiger partial charge in [0.05, 0.1) is 21.5 Å². The first-order valence-electron chi connectivity index (χ1n) is 8.82. The SMILES string of the molecule is CN1CCC2(CC1)N=c1ccc3c(O)c4c(N)cccc4c(O)c3c1=N2. The molecule has 2 aliphatic heterocycles. The summed E-state index contributed by atoms with van der Waals surface area (Å²) in [5.41, 5.74) is 6.02. The van der Waals surface area contributed by atoms with Gasteiger partial charge in [-0.25, -0.2) is 0 Å². The number of benzene rings is 3. The van der Waals surface area contributed by atoms with Gasteiger partial charge in [0.1, 0.15) is 11.5 Å². The number of likely N-dealkylation sites (tertiary alicyclic amines) is 1. The van der Waals surface area contributed by atoms with Crippen LogP contribution in [0.3, 0.4) is 0 Å². The van der Waals surface area contributed by atoms with E-state index in [0.29, 0.717) is 32.6 Å². The van der Waals surface area contributed by atoms with Gasteiger partial charge in [0.15, 0.2) is 5.66 Å². The molecule has 2 aliphatic rings. The number of phenols is 2. The zero-order valence-electron chi connectivity index (χ0n) is 14.5. The molecule has 0 aromatic heterocycles. The van der Waals surface area contributed by atoms with Gasteiger partial charge < -0.3 is 20.8 Å². The van der Waals surface area contributed by atoms with Crippen LogP contribution in [0.4, 0.5) is 5.69 Å². The highest BCUT2D eigenvalue weighted by Gasteiger charge is 2.35. The molecule has 5 rings (SSSR count). The zero-order valence-corrected chi connectivity index (χ0v) is 14.5. The number of rotatable bonds is 0. The first-order valence-corrected chi connectivity index (χ1v) is 8.82. The molecule has 1 saturated heterocycles. The summed E-state index contributed by atoms with van der Waals surface area (Å²) >= 11 is 0. The topological polar surface area (TPSA) is 94.4 Å². The normalized spacial score (nSPS) is 18.8. The molecule has 0 aliphatic carbocycles. The zero-order chi connectivity index (χ0) is 18.1. The maximum Gasteiger partial charge on any atom is 0.154 e. The van der Waals surface area contributed by atoms with E-state index in [1.54, 1.807) is 24.3 Å². The van der Waals surface area contributed by atoms with Crippen LogP contribution in [0.2, 0.25) is 0 Å². The molecular formula is C20H20N4O2. The predicted molar refractivity (Wildman–Crippen MR) is 101 cm³/mol. The molecule has 0 amide bonds. The van der Waals surface area contributed by atoms with Crippen molar-refractivity contribution < 1.29 is 10.2 Å². The lowest BCUT2D eigenvalue weighted by atomic mass is 9.98. The van der Waals surface area contributed by atoms with E-state index in [0.717, 1.165) is 31.3 Å². The standard InChI is InChI=1S/C20H20N4O2/c1-24-9-7-20(8-10-24)22-14-6-5-12-16(17(14)23-20)19(26)11-3-2-4-13(21)15(11)18(12)25/h2-6,25-26H,7-10,21H2,1H3. The molecule has 0 atom stereocenters. The lowest BCUT2D eigenvalue weighted by molar-refractivity contribution is 0.197. The molecule has 0 radical (unpaired) electrons.